The van der Waals surface area contributed by atoms with Gasteiger partial charge in [-0.3, -0.25) is 20.2 Å². The zero-order chi connectivity index (χ0) is 20.5. The fourth-order valence-corrected chi connectivity index (χ4v) is 2.87. The maximum atomic E-state index is 13.7. The molecule has 0 aliphatic rings. The van der Waals surface area contributed by atoms with E-state index in [1.165, 1.54) is 36.4 Å². The summed E-state index contributed by atoms with van der Waals surface area (Å²) in [5.74, 6) is 0. The highest BCUT2D eigenvalue weighted by atomic mass is 19.4. The molecule has 0 saturated carbocycles. The average Bonchev–Trinajstić information content (AvgIpc) is 2.66. The SMILES string of the molecule is O=[N+]([O-])c1cccc(-c2c(-c3ccccc3[N+](=O)[O-])[c]ccc2C(F)(F)F)c1. The third-order valence-electron chi connectivity index (χ3n) is 4.02. The molecule has 3 aromatic carbocycles. The molecule has 9 heteroatoms. The molecule has 0 fully saturated rings. The van der Waals surface area contributed by atoms with Crippen molar-refractivity contribution in [1.29, 1.82) is 0 Å². The standard InChI is InChI=1S/C19H10F3N2O4/c20-19(21,22)16-9-4-8-15(14-7-1-2-10-17(14)24(27)28)18(16)12-5-3-6-13(11-12)23(25)26/h1-7,9-11H. The number of para-hydroxylation sites is 1. The van der Waals surface area contributed by atoms with Gasteiger partial charge < -0.3 is 0 Å². The van der Waals surface area contributed by atoms with Crippen LogP contribution in [0.4, 0.5) is 24.5 Å². The van der Waals surface area contributed by atoms with Crippen molar-refractivity contribution in [3.05, 3.63) is 92.5 Å². The van der Waals surface area contributed by atoms with Gasteiger partial charge in [-0.25, -0.2) is 0 Å². The molecule has 0 N–H and O–H groups in total. The number of nitrogens with zero attached hydrogens (tertiary/aromatic N) is 2. The molecule has 0 aromatic heterocycles. The summed E-state index contributed by atoms with van der Waals surface area (Å²) >= 11 is 0. The summed E-state index contributed by atoms with van der Waals surface area (Å²) in [7, 11) is 0. The predicted molar refractivity (Wildman–Crippen MR) is 94.5 cm³/mol. The van der Waals surface area contributed by atoms with E-state index in [4.69, 9.17) is 0 Å². The van der Waals surface area contributed by atoms with E-state index in [9.17, 15) is 33.4 Å². The highest BCUT2D eigenvalue weighted by molar-refractivity contribution is 5.89. The lowest BCUT2D eigenvalue weighted by molar-refractivity contribution is -0.384. The number of rotatable bonds is 4. The van der Waals surface area contributed by atoms with Gasteiger partial charge in [0.2, 0.25) is 0 Å². The van der Waals surface area contributed by atoms with Crippen molar-refractivity contribution in [2.45, 2.75) is 6.18 Å². The first kappa shape index (κ1) is 19.0. The van der Waals surface area contributed by atoms with Gasteiger partial charge in [0.15, 0.2) is 0 Å². The molecule has 0 amide bonds. The van der Waals surface area contributed by atoms with E-state index >= 15 is 0 Å². The molecule has 1 radical (unpaired) electrons. The summed E-state index contributed by atoms with van der Waals surface area (Å²) < 4.78 is 41.0. The Kier molecular flexibility index (Phi) is 4.83. The van der Waals surface area contributed by atoms with Crippen molar-refractivity contribution in [2.24, 2.45) is 0 Å². The smallest absolute Gasteiger partial charge is 0.258 e. The topological polar surface area (TPSA) is 86.3 Å². The van der Waals surface area contributed by atoms with Crippen LogP contribution < -0.4 is 0 Å². The highest BCUT2D eigenvalue weighted by Gasteiger charge is 2.36. The van der Waals surface area contributed by atoms with Crippen LogP contribution in [0, 0.1) is 26.3 Å². The Balaban J connectivity index is 2.40. The van der Waals surface area contributed by atoms with Crippen LogP contribution in [0.15, 0.2) is 60.7 Å². The molecule has 0 atom stereocenters. The van der Waals surface area contributed by atoms with Crippen molar-refractivity contribution >= 4 is 11.4 Å². The molecule has 3 rings (SSSR count). The van der Waals surface area contributed by atoms with E-state index in [-0.39, 0.29) is 16.7 Å². The van der Waals surface area contributed by atoms with Gasteiger partial charge >= 0.3 is 6.18 Å². The Bertz CT molecular complexity index is 1080. The molecule has 0 bridgehead atoms. The minimum atomic E-state index is -4.78. The second-order valence-corrected chi connectivity index (χ2v) is 5.72. The molecule has 6 nitrogen and oxygen atoms in total. The van der Waals surface area contributed by atoms with Gasteiger partial charge in [-0.05, 0) is 23.8 Å². The van der Waals surface area contributed by atoms with Gasteiger partial charge in [0.05, 0.1) is 21.0 Å². The maximum Gasteiger partial charge on any atom is 0.417 e. The normalized spacial score (nSPS) is 11.2. The molecular weight excluding hydrogens is 377 g/mol. The Labute approximate surface area is 156 Å². The van der Waals surface area contributed by atoms with Gasteiger partial charge in [-0.15, -0.1) is 0 Å². The monoisotopic (exact) mass is 387 g/mol. The summed E-state index contributed by atoms with van der Waals surface area (Å²) in [5.41, 5.74) is -2.60. The zero-order valence-electron chi connectivity index (χ0n) is 13.9. The van der Waals surface area contributed by atoms with Crippen LogP contribution in [0.25, 0.3) is 22.3 Å². The van der Waals surface area contributed by atoms with Crippen molar-refractivity contribution in [3.63, 3.8) is 0 Å². The van der Waals surface area contributed by atoms with Crippen LogP contribution in [0.5, 0.6) is 0 Å². The first-order valence-corrected chi connectivity index (χ1v) is 7.80. The fraction of sp³-hybridized carbons (Fsp3) is 0.0526. The Morgan fingerprint density at radius 1 is 0.893 bits per heavy atom. The van der Waals surface area contributed by atoms with Gasteiger partial charge in [0, 0.05) is 29.3 Å². The van der Waals surface area contributed by atoms with Gasteiger partial charge in [0.25, 0.3) is 11.4 Å². The average molecular weight is 387 g/mol. The largest absolute Gasteiger partial charge is 0.417 e. The Morgan fingerprint density at radius 2 is 1.61 bits per heavy atom. The van der Waals surface area contributed by atoms with Crippen LogP contribution in [0.2, 0.25) is 0 Å². The number of non-ortho nitro benzene ring substituents is 1. The van der Waals surface area contributed by atoms with E-state index in [0.29, 0.717) is 0 Å². The number of hydrogen-bond donors (Lipinski definition) is 0. The fourth-order valence-electron chi connectivity index (χ4n) is 2.87. The molecule has 3 aromatic rings. The van der Waals surface area contributed by atoms with E-state index in [1.807, 2.05) is 0 Å². The molecule has 0 aliphatic carbocycles. The Hall–Kier alpha value is -3.75. The molecule has 0 spiro atoms. The lowest BCUT2D eigenvalue weighted by Gasteiger charge is -2.17. The van der Waals surface area contributed by atoms with Crippen LogP contribution >= 0.6 is 0 Å². The van der Waals surface area contributed by atoms with Gasteiger partial charge in [-0.1, -0.05) is 30.3 Å². The first-order chi connectivity index (χ1) is 13.2. The lowest BCUT2D eigenvalue weighted by atomic mass is 9.89. The van der Waals surface area contributed by atoms with Crippen molar-refractivity contribution < 1.29 is 23.0 Å². The molecule has 28 heavy (non-hydrogen) atoms. The van der Waals surface area contributed by atoms with E-state index in [1.54, 1.807) is 0 Å². The summed E-state index contributed by atoms with van der Waals surface area (Å²) in [6.45, 7) is 0. The number of alkyl halides is 3. The number of nitro benzene ring substituents is 2. The maximum absolute atomic E-state index is 13.7. The van der Waals surface area contributed by atoms with Gasteiger partial charge in [0.1, 0.15) is 0 Å². The molecular formula is C19H10F3N2O4. The summed E-state index contributed by atoms with van der Waals surface area (Å²) in [6.07, 6.45) is -4.78. The molecule has 0 aliphatic heterocycles. The molecule has 0 saturated heterocycles. The highest BCUT2D eigenvalue weighted by Crippen LogP contribution is 2.44. The van der Waals surface area contributed by atoms with Crippen LogP contribution in [0.3, 0.4) is 0 Å². The number of nitro groups is 2. The van der Waals surface area contributed by atoms with Crippen molar-refractivity contribution in [2.75, 3.05) is 0 Å². The van der Waals surface area contributed by atoms with Crippen molar-refractivity contribution in [3.8, 4) is 22.3 Å². The van der Waals surface area contributed by atoms with E-state index in [2.05, 4.69) is 6.07 Å². The summed E-state index contributed by atoms with van der Waals surface area (Å²) in [6, 6.07) is 14.4. The summed E-state index contributed by atoms with van der Waals surface area (Å²) in [5, 5.41) is 22.4. The third-order valence-corrected chi connectivity index (χ3v) is 4.02. The van der Waals surface area contributed by atoms with E-state index in [0.717, 1.165) is 24.3 Å². The summed E-state index contributed by atoms with van der Waals surface area (Å²) in [4.78, 5) is 21.0. The zero-order valence-corrected chi connectivity index (χ0v) is 13.9. The number of halogens is 3. The molecule has 0 heterocycles. The van der Waals surface area contributed by atoms with Crippen LogP contribution in [-0.4, -0.2) is 9.85 Å². The second kappa shape index (κ2) is 7.10. The van der Waals surface area contributed by atoms with Crippen LogP contribution in [-0.2, 0) is 6.18 Å². The van der Waals surface area contributed by atoms with Crippen LogP contribution in [0.1, 0.15) is 5.56 Å². The minimum Gasteiger partial charge on any atom is -0.258 e. The van der Waals surface area contributed by atoms with E-state index < -0.39 is 38.5 Å². The molecule has 0 unspecified atom stereocenters. The predicted octanol–water partition coefficient (Wildman–Crippen LogP) is 5.66. The first-order valence-electron chi connectivity index (χ1n) is 7.80. The lowest BCUT2D eigenvalue weighted by Crippen LogP contribution is -2.08. The third kappa shape index (κ3) is 3.54. The van der Waals surface area contributed by atoms with Crippen molar-refractivity contribution in [1.82, 2.24) is 0 Å². The van der Waals surface area contributed by atoms with Gasteiger partial charge in [-0.2, -0.15) is 13.2 Å². The number of hydrogen-bond acceptors (Lipinski definition) is 4. The minimum absolute atomic E-state index is 0.0693. The second-order valence-electron chi connectivity index (χ2n) is 5.72. The molecule has 141 valence electrons. The number of benzene rings is 3. The Morgan fingerprint density at radius 3 is 2.25 bits per heavy atom. The quantitative estimate of drug-likeness (QED) is 0.427.